The van der Waals surface area contributed by atoms with E-state index < -0.39 is 15.1 Å². The van der Waals surface area contributed by atoms with Crippen LogP contribution in [0.15, 0.2) is 4.42 Å². The molecule has 0 radical (unpaired) electrons. The Balaban J connectivity index is 2.24. The van der Waals surface area contributed by atoms with Gasteiger partial charge < -0.3 is 9.52 Å². The summed E-state index contributed by atoms with van der Waals surface area (Å²) >= 11 is 0. The lowest BCUT2D eigenvalue weighted by atomic mass is 10.2. The first-order valence-corrected chi connectivity index (χ1v) is 7.55. The Bertz CT molecular complexity index is 492. The zero-order valence-electron chi connectivity index (χ0n) is 9.85. The average molecular weight is 259 g/mol. The lowest BCUT2D eigenvalue weighted by molar-refractivity contribution is 0.282. The first kappa shape index (κ1) is 12.6. The van der Waals surface area contributed by atoms with E-state index in [4.69, 9.17) is 9.52 Å². The van der Waals surface area contributed by atoms with E-state index >= 15 is 0 Å². The molecule has 1 aromatic heterocycles. The van der Waals surface area contributed by atoms with Gasteiger partial charge in [-0.3, -0.25) is 0 Å². The molecule has 0 aliphatic carbocycles. The molecule has 0 aromatic carbocycles. The van der Waals surface area contributed by atoms with Crippen molar-refractivity contribution in [2.45, 2.75) is 37.9 Å². The second-order valence-electron chi connectivity index (χ2n) is 4.37. The standard InChI is InChI=1S/C11H17NO4S/c1-8-11(9-4-3-7-17(9,14)15)12-10(16-8)5-2-6-13/h9,13H,2-7H2,1H3. The SMILES string of the molecule is Cc1oc(CCCO)nc1C1CCCS1(=O)=O. The van der Waals surface area contributed by atoms with Gasteiger partial charge in [0.15, 0.2) is 15.7 Å². The van der Waals surface area contributed by atoms with Crippen molar-refractivity contribution in [3.63, 3.8) is 0 Å². The molecular formula is C11H17NO4S. The Kier molecular flexibility index (Phi) is 3.53. The van der Waals surface area contributed by atoms with Gasteiger partial charge in [-0.25, -0.2) is 13.4 Å². The lowest BCUT2D eigenvalue weighted by Gasteiger charge is -2.05. The summed E-state index contributed by atoms with van der Waals surface area (Å²) in [7, 11) is -3.04. The maximum absolute atomic E-state index is 11.8. The first-order chi connectivity index (χ1) is 8.04. The van der Waals surface area contributed by atoms with Crippen molar-refractivity contribution < 1.29 is 17.9 Å². The van der Waals surface area contributed by atoms with E-state index in [0.29, 0.717) is 43.0 Å². The fourth-order valence-corrected chi connectivity index (χ4v) is 4.14. The van der Waals surface area contributed by atoms with Gasteiger partial charge in [0.2, 0.25) is 0 Å². The normalized spacial score (nSPS) is 23.1. The van der Waals surface area contributed by atoms with Crippen molar-refractivity contribution >= 4 is 9.84 Å². The molecule has 1 atom stereocenters. The monoisotopic (exact) mass is 259 g/mol. The van der Waals surface area contributed by atoms with Gasteiger partial charge in [0.1, 0.15) is 16.7 Å². The predicted octanol–water partition coefficient (Wildman–Crippen LogP) is 1.16. The molecule has 17 heavy (non-hydrogen) atoms. The van der Waals surface area contributed by atoms with Crippen LogP contribution in [-0.2, 0) is 16.3 Å². The molecule has 5 nitrogen and oxygen atoms in total. The minimum absolute atomic E-state index is 0.0818. The number of aliphatic hydroxyl groups excluding tert-OH is 1. The van der Waals surface area contributed by atoms with Gasteiger partial charge in [-0.2, -0.15) is 0 Å². The molecule has 96 valence electrons. The molecule has 0 amide bonds. The number of nitrogens with zero attached hydrogens (tertiary/aromatic N) is 1. The van der Waals surface area contributed by atoms with Gasteiger partial charge in [0, 0.05) is 13.0 Å². The van der Waals surface area contributed by atoms with Crippen LogP contribution < -0.4 is 0 Å². The summed E-state index contributed by atoms with van der Waals surface area (Å²) in [5.74, 6) is 1.36. The van der Waals surface area contributed by atoms with Crippen LogP contribution in [-0.4, -0.2) is 30.9 Å². The summed E-state index contributed by atoms with van der Waals surface area (Å²) in [6.07, 6.45) is 2.46. The maximum atomic E-state index is 11.8. The topological polar surface area (TPSA) is 80.4 Å². The summed E-state index contributed by atoms with van der Waals surface area (Å²) in [6, 6.07) is 0. The molecule has 0 spiro atoms. The van der Waals surface area contributed by atoms with Gasteiger partial charge in [-0.1, -0.05) is 0 Å². The molecule has 2 heterocycles. The molecule has 1 aliphatic heterocycles. The minimum Gasteiger partial charge on any atom is -0.446 e. The van der Waals surface area contributed by atoms with Crippen LogP contribution >= 0.6 is 0 Å². The Morgan fingerprint density at radius 3 is 2.88 bits per heavy atom. The van der Waals surface area contributed by atoms with Gasteiger partial charge in [-0.05, 0) is 26.2 Å². The van der Waals surface area contributed by atoms with Crippen LogP contribution in [0.5, 0.6) is 0 Å². The second-order valence-corrected chi connectivity index (χ2v) is 6.68. The molecule has 0 saturated carbocycles. The van der Waals surface area contributed by atoms with E-state index in [-0.39, 0.29) is 12.4 Å². The number of hydrogen-bond donors (Lipinski definition) is 1. The van der Waals surface area contributed by atoms with Gasteiger partial charge in [-0.15, -0.1) is 0 Å². The fraction of sp³-hybridized carbons (Fsp3) is 0.727. The average Bonchev–Trinajstić information content (AvgIpc) is 2.78. The molecule has 0 bridgehead atoms. The summed E-state index contributed by atoms with van der Waals surface area (Å²) in [6.45, 7) is 1.83. The summed E-state index contributed by atoms with van der Waals surface area (Å²) in [5, 5.41) is 8.24. The van der Waals surface area contributed by atoms with E-state index in [9.17, 15) is 8.42 Å². The number of oxazole rings is 1. The molecule has 6 heteroatoms. The van der Waals surface area contributed by atoms with E-state index in [1.54, 1.807) is 6.92 Å². The molecule has 1 aliphatic rings. The number of aryl methyl sites for hydroxylation is 2. The number of hydrogen-bond acceptors (Lipinski definition) is 5. The van der Waals surface area contributed by atoms with Crippen LogP contribution in [0.25, 0.3) is 0 Å². The molecular weight excluding hydrogens is 242 g/mol. The van der Waals surface area contributed by atoms with Gasteiger partial charge >= 0.3 is 0 Å². The van der Waals surface area contributed by atoms with Crippen LogP contribution in [0.4, 0.5) is 0 Å². The van der Waals surface area contributed by atoms with Crippen molar-refractivity contribution in [1.82, 2.24) is 4.98 Å². The van der Waals surface area contributed by atoms with E-state index in [2.05, 4.69) is 4.98 Å². The van der Waals surface area contributed by atoms with Crippen LogP contribution in [0.1, 0.15) is 41.9 Å². The largest absolute Gasteiger partial charge is 0.446 e. The summed E-state index contributed by atoms with van der Waals surface area (Å²) in [4.78, 5) is 4.27. The smallest absolute Gasteiger partial charge is 0.194 e. The first-order valence-electron chi connectivity index (χ1n) is 5.83. The highest BCUT2D eigenvalue weighted by Gasteiger charge is 2.36. The van der Waals surface area contributed by atoms with Crippen molar-refractivity contribution in [2.24, 2.45) is 0 Å². The third-order valence-electron chi connectivity index (χ3n) is 3.06. The highest BCUT2D eigenvalue weighted by molar-refractivity contribution is 7.91. The van der Waals surface area contributed by atoms with E-state index in [1.807, 2.05) is 0 Å². The molecule has 1 unspecified atom stereocenters. The Morgan fingerprint density at radius 1 is 1.53 bits per heavy atom. The Hall–Kier alpha value is -0.880. The van der Waals surface area contributed by atoms with Crippen LogP contribution in [0.3, 0.4) is 0 Å². The molecule has 1 N–H and O–H groups in total. The lowest BCUT2D eigenvalue weighted by Crippen LogP contribution is -2.09. The predicted molar refractivity (Wildman–Crippen MR) is 62.4 cm³/mol. The maximum Gasteiger partial charge on any atom is 0.194 e. The molecule has 2 rings (SSSR count). The number of rotatable bonds is 4. The third-order valence-corrected chi connectivity index (χ3v) is 5.24. The van der Waals surface area contributed by atoms with Crippen molar-refractivity contribution in [3.05, 3.63) is 17.3 Å². The quantitative estimate of drug-likeness (QED) is 0.877. The van der Waals surface area contributed by atoms with E-state index in [1.165, 1.54) is 0 Å². The molecule has 1 fully saturated rings. The summed E-state index contributed by atoms with van der Waals surface area (Å²) < 4.78 is 29.1. The van der Waals surface area contributed by atoms with Crippen LogP contribution in [0, 0.1) is 6.92 Å². The number of sulfone groups is 1. The highest BCUT2D eigenvalue weighted by atomic mass is 32.2. The Labute approximate surface area is 101 Å². The Morgan fingerprint density at radius 2 is 2.29 bits per heavy atom. The van der Waals surface area contributed by atoms with Gasteiger partial charge in [0.25, 0.3) is 0 Å². The zero-order valence-corrected chi connectivity index (χ0v) is 10.7. The minimum atomic E-state index is -3.04. The molecule has 1 saturated heterocycles. The van der Waals surface area contributed by atoms with Gasteiger partial charge in [0.05, 0.1) is 5.75 Å². The third kappa shape index (κ3) is 2.52. The van der Waals surface area contributed by atoms with Crippen molar-refractivity contribution in [3.8, 4) is 0 Å². The number of aliphatic hydroxyl groups is 1. The van der Waals surface area contributed by atoms with Crippen molar-refractivity contribution in [2.75, 3.05) is 12.4 Å². The number of aromatic nitrogens is 1. The van der Waals surface area contributed by atoms with Crippen LogP contribution in [0.2, 0.25) is 0 Å². The summed E-state index contributed by atoms with van der Waals surface area (Å²) in [5.41, 5.74) is 0.565. The second kappa shape index (κ2) is 4.78. The zero-order chi connectivity index (χ0) is 12.5. The van der Waals surface area contributed by atoms with E-state index in [0.717, 1.165) is 0 Å². The van der Waals surface area contributed by atoms with Crippen molar-refractivity contribution in [1.29, 1.82) is 0 Å². The fourth-order valence-electron chi connectivity index (χ4n) is 2.20. The molecule has 1 aromatic rings. The highest BCUT2D eigenvalue weighted by Crippen LogP contribution is 2.35.